The van der Waals surface area contributed by atoms with Gasteiger partial charge >= 0.3 is 0 Å². The molecule has 0 spiro atoms. The summed E-state index contributed by atoms with van der Waals surface area (Å²) < 4.78 is 5.33. The van der Waals surface area contributed by atoms with E-state index in [0.29, 0.717) is 18.6 Å². The van der Waals surface area contributed by atoms with Gasteiger partial charge in [-0.2, -0.15) is 0 Å². The quantitative estimate of drug-likeness (QED) is 0.695. The zero-order valence-electron chi connectivity index (χ0n) is 7.82. The van der Waals surface area contributed by atoms with E-state index in [2.05, 4.69) is 18.7 Å². The minimum Gasteiger partial charge on any atom is -0.378 e. The predicted molar refractivity (Wildman–Crippen MR) is 52.8 cm³/mol. The first-order valence-corrected chi connectivity index (χ1v) is 4.29. The van der Waals surface area contributed by atoms with E-state index in [1.54, 1.807) is 0 Å². The third kappa shape index (κ3) is 2.90. The molecule has 0 aliphatic carbocycles. The van der Waals surface area contributed by atoms with Crippen LogP contribution in [0, 0.1) is 0 Å². The molecule has 3 nitrogen and oxygen atoms in total. The largest absolute Gasteiger partial charge is 0.378 e. The van der Waals surface area contributed by atoms with Crippen LogP contribution in [0.1, 0.15) is 13.8 Å². The standard InChI is InChI=1S/C8H18N2O.ClH/c1-7(2)10-3-4-11-6-8(10)5-9;/h7-8H,3-6,9H2,1-2H3;1H. The van der Waals surface area contributed by atoms with Gasteiger partial charge in [-0.05, 0) is 13.8 Å². The Balaban J connectivity index is 0.00000121. The molecule has 1 rings (SSSR count). The van der Waals surface area contributed by atoms with Crippen molar-refractivity contribution < 1.29 is 4.74 Å². The molecule has 0 aromatic carbocycles. The molecule has 1 aliphatic rings. The van der Waals surface area contributed by atoms with E-state index in [1.807, 2.05) is 0 Å². The van der Waals surface area contributed by atoms with Gasteiger partial charge in [0.2, 0.25) is 0 Å². The Labute approximate surface area is 80.7 Å². The van der Waals surface area contributed by atoms with E-state index in [9.17, 15) is 0 Å². The van der Waals surface area contributed by atoms with Crippen molar-refractivity contribution in [2.24, 2.45) is 5.73 Å². The van der Waals surface area contributed by atoms with Crippen molar-refractivity contribution in [3.8, 4) is 0 Å². The summed E-state index contributed by atoms with van der Waals surface area (Å²) in [5.41, 5.74) is 5.61. The molecule has 0 aromatic heterocycles. The average Bonchev–Trinajstić information content (AvgIpc) is 2.04. The van der Waals surface area contributed by atoms with Gasteiger partial charge in [-0.1, -0.05) is 0 Å². The molecular formula is C8H19ClN2O. The number of rotatable bonds is 2. The second-order valence-corrected chi connectivity index (χ2v) is 3.30. The number of nitrogens with two attached hydrogens (primary N) is 1. The number of ether oxygens (including phenoxy) is 1. The Hall–Kier alpha value is 0.170. The molecule has 0 bridgehead atoms. The first-order valence-electron chi connectivity index (χ1n) is 4.29. The van der Waals surface area contributed by atoms with Gasteiger partial charge in [0, 0.05) is 25.2 Å². The average molecular weight is 195 g/mol. The third-order valence-electron chi connectivity index (χ3n) is 2.21. The lowest BCUT2D eigenvalue weighted by Gasteiger charge is -2.37. The van der Waals surface area contributed by atoms with E-state index in [0.717, 1.165) is 19.8 Å². The Bertz CT molecular complexity index is 122. The topological polar surface area (TPSA) is 38.5 Å². The molecule has 1 saturated heterocycles. The molecule has 0 amide bonds. The van der Waals surface area contributed by atoms with E-state index in [1.165, 1.54) is 0 Å². The van der Waals surface area contributed by atoms with Crippen LogP contribution in [0.3, 0.4) is 0 Å². The van der Waals surface area contributed by atoms with E-state index >= 15 is 0 Å². The molecule has 1 unspecified atom stereocenters. The van der Waals surface area contributed by atoms with Gasteiger partial charge in [0.05, 0.1) is 13.2 Å². The number of hydrogen-bond donors (Lipinski definition) is 1. The summed E-state index contributed by atoms with van der Waals surface area (Å²) in [5, 5.41) is 0. The van der Waals surface area contributed by atoms with E-state index < -0.39 is 0 Å². The minimum absolute atomic E-state index is 0. The van der Waals surface area contributed by atoms with Crippen molar-refractivity contribution in [3.05, 3.63) is 0 Å². The van der Waals surface area contributed by atoms with Gasteiger partial charge in [-0.3, -0.25) is 4.90 Å². The van der Waals surface area contributed by atoms with Crippen LogP contribution < -0.4 is 5.73 Å². The Morgan fingerprint density at radius 1 is 1.58 bits per heavy atom. The molecule has 12 heavy (non-hydrogen) atoms. The lowest BCUT2D eigenvalue weighted by Crippen LogP contribution is -2.52. The van der Waals surface area contributed by atoms with Crippen molar-refractivity contribution in [2.45, 2.75) is 25.9 Å². The summed E-state index contributed by atoms with van der Waals surface area (Å²) in [5.74, 6) is 0. The van der Waals surface area contributed by atoms with Gasteiger partial charge in [0.15, 0.2) is 0 Å². The van der Waals surface area contributed by atoms with Gasteiger partial charge < -0.3 is 10.5 Å². The molecule has 0 saturated carbocycles. The van der Waals surface area contributed by atoms with Crippen LogP contribution in [-0.2, 0) is 4.74 Å². The third-order valence-corrected chi connectivity index (χ3v) is 2.21. The summed E-state index contributed by atoms with van der Waals surface area (Å²) in [7, 11) is 0. The highest BCUT2D eigenvalue weighted by Gasteiger charge is 2.23. The lowest BCUT2D eigenvalue weighted by molar-refractivity contribution is -0.0184. The fourth-order valence-electron chi connectivity index (χ4n) is 1.55. The van der Waals surface area contributed by atoms with Gasteiger partial charge in [-0.15, -0.1) is 12.4 Å². The maximum atomic E-state index is 5.61. The number of hydrogen-bond acceptors (Lipinski definition) is 3. The van der Waals surface area contributed by atoms with Gasteiger partial charge in [0.25, 0.3) is 0 Å². The second kappa shape index (κ2) is 5.75. The van der Waals surface area contributed by atoms with E-state index in [4.69, 9.17) is 10.5 Å². The molecule has 1 heterocycles. The van der Waals surface area contributed by atoms with Gasteiger partial charge in [-0.25, -0.2) is 0 Å². The molecule has 1 aliphatic heterocycles. The Morgan fingerprint density at radius 2 is 2.25 bits per heavy atom. The number of halogens is 1. The highest BCUT2D eigenvalue weighted by Crippen LogP contribution is 2.09. The van der Waals surface area contributed by atoms with Gasteiger partial charge in [0.1, 0.15) is 0 Å². The van der Waals surface area contributed by atoms with Crippen molar-refractivity contribution in [2.75, 3.05) is 26.3 Å². The van der Waals surface area contributed by atoms with Crippen molar-refractivity contribution in [1.82, 2.24) is 4.90 Å². The molecular weight excluding hydrogens is 176 g/mol. The Kier molecular flexibility index (Phi) is 5.84. The molecule has 0 aromatic rings. The highest BCUT2D eigenvalue weighted by molar-refractivity contribution is 5.85. The molecule has 1 atom stereocenters. The fraction of sp³-hybridized carbons (Fsp3) is 1.00. The van der Waals surface area contributed by atoms with Crippen molar-refractivity contribution in [3.63, 3.8) is 0 Å². The number of nitrogens with zero attached hydrogens (tertiary/aromatic N) is 1. The molecule has 4 heteroatoms. The molecule has 2 N–H and O–H groups in total. The summed E-state index contributed by atoms with van der Waals surface area (Å²) in [6.45, 7) is 7.79. The van der Waals surface area contributed by atoms with E-state index in [-0.39, 0.29) is 12.4 Å². The smallest absolute Gasteiger partial charge is 0.0634 e. The minimum atomic E-state index is 0. The van der Waals surface area contributed by atoms with Crippen LogP contribution in [0.2, 0.25) is 0 Å². The number of morpholine rings is 1. The monoisotopic (exact) mass is 194 g/mol. The second-order valence-electron chi connectivity index (χ2n) is 3.30. The highest BCUT2D eigenvalue weighted by atomic mass is 35.5. The first-order chi connectivity index (χ1) is 5.25. The van der Waals surface area contributed by atoms with Crippen LogP contribution in [0.25, 0.3) is 0 Å². The lowest BCUT2D eigenvalue weighted by atomic mass is 10.2. The van der Waals surface area contributed by atoms with Crippen LogP contribution in [-0.4, -0.2) is 43.3 Å². The molecule has 74 valence electrons. The normalized spacial score (nSPS) is 25.5. The van der Waals surface area contributed by atoms with Crippen molar-refractivity contribution in [1.29, 1.82) is 0 Å². The Morgan fingerprint density at radius 3 is 2.67 bits per heavy atom. The van der Waals surface area contributed by atoms with Crippen LogP contribution in [0.4, 0.5) is 0 Å². The van der Waals surface area contributed by atoms with Crippen LogP contribution in [0.15, 0.2) is 0 Å². The van der Waals surface area contributed by atoms with Crippen LogP contribution >= 0.6 is 12.4 Å². The van der Waals surface area contributed by atoms with Crippen LogP contribution in [0.5, 0.6) is 0 Å². The SMILES string of the molecule is CC(C)N1CCOCC1CN.Cl. The summed E-state index contributed by atoms with van der Waals surface area (Å²) in [6.07, 6.45) is 0. The summed E-state index contributed by atoms with van der Waals surface area (Å²) in [6, 6.07) is 1.02. The maximum Gasteiger partial charge on any atom is 0.0634 e. The zero-order chi connectivity index (χ0) is 8.27. The summed E-state index contributed by atoms with van der Waals surface area (Å²) in [4.78, 5) is 2.41. The maximum absolute atomic E-state index is 5.61. The first kappa shape index (κ1) is 12.2. The molecule has 0 radical (unpaired) electrons. The predicted octanol–water partition coefficient (Wildman–Crippen LogP) is 0.476. The van der Waals surface area contributed by atoms with Crippen molar-refractivity contribution >= 4 is 12.4 Å². The molecule has 1 fully saturated rings. The zero-order valence-corrected chi connectivity index (χ0v) is 8.64. The summed E-state index contributed by atoms with van der Waals surface area (Å²) >= 11 is 0. The fourth-order valence-corrected chi connectivity index (χ4v) is 1.55.